The predicted molar refractivity (Wildman–Crippen MR) is 119 cm³/mol. The number of aliphatic hydroxyl groups is 1. The van der Waals surface area contributed by atoms with E-state index in [2.05, 4.69) is 20.5 Å². The summed E-state index contributed by atoms with van der Waals surface area (Å²) in [5.41, 5.74) is 1.11. The molecule has 0 aliphatic carbocycles. The Hall–Kier alpha value is -1.41. The van der Waals surface area contributed by atoms with E-state index in [-0.39, 0.29) is 18.7 Å². The molecule has 0 aliphatic rings. The van der Waals surface area contributed by atoms with Gasteiger partial charge in [-0.3, -0.25) is 9.78 Å². The van der Waals surface area contributed by atoms with E-state index in [4.69, 9.17) is 13.3 Å². The first-order valence-electron chi connectivity index (χ1n) is 9.44. The monoisotopic (exact) mass is 472 g/mol. The molecule has 2 aromatic heterocycles. The van der Waals surface area contributed by atoms with Gasteiger partial charge in [-0.25, -0.2) is 0 Å². The number of anilines is 1. The van der Waals surface area contributed by atoms with Gasteiger partial charge in [0.05, 0.1) is 6.10 Å². The number of carbonyl (C=O) groups is 1. The Bertz CT molecular complexity index is 756. The molecular weight excluding hydrogens is 444 g/mol. The molecule has 0 fully saturated rings. The van der Waals surface area contributed by atoms with Gasteiger partial charge in [-0.1, -0.05) is 29.2 Å². The molecule has 0 saturated heterocycles. The Balaban J connectivity index is 1.66. The molecule has 9 nitrogen and oxygen atoms in total. The molecule has 0 bridgehead atoms. The minimum absolute atomic E-state index is 0.0134. The number of nitrogens with zero attached hydrogens (tertiary/aromatic N) is 3. The quantitative estimate of drug-likeness (QED) is 0.296. The zero-order valence-electron chi connectivity index (χ0n) is 17.4. The van der Waals surface area contributed by atoms with Crippen molar-refractivity contribution in [2.45, 2.75) is 41.5 Å². The number of rotatable bonds is 15. The van der Waals surface area contributed by atoms with Crippen molar-refractivity contribution in [1.29, 1.82) is 0 Å². The fourth-order valence-corrected chi connectivity index (χ4v) is 6.08. The largest absolute Gasteiger partial charge is 0.500 e. The fraction of sp³-hybridized carbons (Fsp3) is 0.556. The summed E-state index contributed by atoms with van der Waals surface area (Å²) in [6.45, 7) is 0.237. The van der Waals surface area contributed by atoms with Crippen molar-refractivity contribution in [1.82, 2.24) is 15.2 Å². The number of ketones is 1. The maximum Gasteiger partial charge on any atom is 0.500 e. The molecule has 0 aromatic carbocycles. The zero-order chi connectivity index (χ0) is 21.8. The number of pyridine rings is 1. The Morgan fingerprint density at radius 1 is 1.30 bits per heavy atom. The Labute approximate surface area is 185 Å². The van der Waals surface area contributed by atoms with Gasteiger partial charge in [-0.2, -0.15) is 0 Å². The number of Topliss-reactive ketones (excluding diaryl/α,β-unsaturated/α-hetero) is 1. The molecule has 0 aliphatic heterocycles. The number of nitrogens with one attached hydrogen (secondary N) is 1. The molecule has 2 N–H and O–H groups in total. The molecule has 0 amide bonds. The van der Waals surface area contributed by atoms with Crippen LogP contribution in [0.15, 0.2) is 28.9 Å². The zero-order valence-corrected chi connectivity index (χ0v) is 20.0. The second-order valence-corrected chi connectivity index (χ2v) is 11.7. The summed E-state index contributed by atoms with van der Waals surface area (Å²) >= 11 is 2.99. The Morgan fingerprint density at radius 3 is 2.73 bits per heavy atom. The van der Waals surface area contributed by atoms with Gasteiger partial charge < -0.3 is 23.7 Å². The number of aromatic nitrogens is 3. The van der Waals surface area contributed by atoms with E-state index < -0.39 is 14.9 Å². The third-order valence-electron chi connectivity index (χ3n) is 4.32. The van der Waals surface area contributed by atoms with Crippen LogP contribution in [0.1, 0.15) is 24.8 Å². The van der Waals surface area contributed by atoms with Gasteiger partial charge in [0.1, 0.15) is 5.78 Å². The van der Waals surface area contributed by atoms with E-state index in [9.17, 15) is 9.90 Å². The van der Waals surface area contributed by atoms with Gasteiger partial charge in [-0.15, -0.1) is 10.2 Å². The number of hydrogen-bond acceptors (Lipinski definition) is 11. The van der Waals surface area contributed by atoms with Crippen molar-refractivity contribution in [3.8, 4) is 0 Å². The van der Waals surface area contributed by atoms with E-state index >= 15 is 0 Å². The predicted octanol–water partition coefficient (Wildman–Crippen LogP) is 2.62. The van der Waals surface area contributed by atoms with E-state index in [0.717, 1.165) is 15.7 Å². The van der Waals surface area contributed by atoms with Crippen LogP contribution in [0.25, 0.3) is 0 Å². The van der Waals surface area contributed by atoms with Crippen LogP contribution in [-0.2, 0) is 23.8 Å². The van der Waals surface area contributed by atoms with Crippen molar-refractivity contribution in [2.75, 3.05) is 33.2 Å². The minimum Gasteiger partial charge on any atom is -0.391 e. The lowest BCUT2D eigenvalue weighted by Gasteiger charge is -2.24. The molecule has 1 atom stereocenters. The first kappa shape index (κ1) is 24.9. The van der Waals surface area contributed by atoms with Gasteiger partial charge in [0.2, 0.25) is 5.13 Å². The van der Waals surface area contributed by atoms with Crippen LogP contribution in [-0.4, -0.2) is 68.9 Å². The summed E-state index contributed by atoms with van der Waals surface area (Å²) in [4.78, 5) is 16.2. The molecular formula is C18H28N4O5S2Si. The molecule has 1 unspecified atom stereocenters. The van der Waals surface area contributed by atoms with Crippen molar-refractivity contribution in [3.63, 3.8) is 0 Å². The third-order valence-corrected chi connectivity index (χ3v) is 9.23. The van der Waals surface area contributed by atoms with Gasteiger partial charge in [-0.05, 0) is 18.1 Å². The average molecular weight is 473 g/mol. The SMILES string of the molecule is CO[Si](CCCC(=O)CC(O)CNc1nnc(SCc2cccnc2)s1)(OC)OC. The highest BCUT2D eigenvalue weighted by atomic mass is 32.2. The van der Waals surface area contributed by atoms with Crippen molar-refractivity contribution < 1.29 is 23.2 Å². The summed E-state index contributed by atoms with van der Waals surface area (Å²) in [5.74, 6) is 0.749. The number of hydrogen-bond donors (Lipinski definition) is 2. The van der Waals surface area contributed by atoms with Gasteiger partial charge in [0.25, 0.3) is 0 Å². The van der Waals surface area contributed by atoms with Crippen LogP contribution in [0, 0.1) is 0 Å². The van der Waals surface area contributed by atoms with Gasteiger partial charge in [0.15, 0.2) is 4.34 Å². The van der Waals surface area contributed by atoms with Crippen LogP contribution >= 0.6 is 23.1 Å². The first-order valence-corrected chi connectivity index (χ1v) is 13.2. The lowest BCUT2D eigenvalue weighted by molar-refractivity contribution is -0.120. The summed E-state index contributed by atoms with van der Waals surface area (Å²) in [6.07, 6.45) is 3.79. The highest BCUT2D eigenvalue weighted by Crippen LogP contribution is 2.28. The number of aliphatic hydroxyl groups excluding tert-OH is 1. The van der Waals surface area contributed by atoms with E-state index in [1.54, 1.807) is 39.3 Å². The third kappa shape index (κ3) is 8.38. The highest BCUT2D eigenvalue weighted by Gasteiger charge is 2.37. The molecule has 2 aromatic rings. The topological polar surface area (TPSA) is 116 Å². The second-order valence-electron chi connectivity index (χ2n) is 6.45. The lowest BCUT2D eigenvalue weighted by Crippen LogP contribution is -2.42. The van der Waals surface area contributed by atoms with Gasteiger partial charge in [0, 0.05) is 64.9 Å². The standard InChI is InChI=1S/C18H28N4O5S2Si/c1-25-30(26-2,27-3)9-5-7-15(23)10-16(24)12-20-17-21-22-18(29-17)28-13-14-6-4-8-19-11-14/h4,6,8,11,16,24H,5,7,9-10,12-13H2,1-3H3,(H,20,21). The average Bonchev–Trinajstić information content (AvgIpc) is 3.23. The molecule has 166 valence electrons. The molecule has 0 radical (unpaired) electrons. The van der Waals surface area contributed by atoms with Crippen LogP contribution in [0.5, 0.6) is 0 Å². The van der Waals surface area contributed by atoms with E-state index in [0.29, 0.717) is 24.0 Å². The summed E-state index contributed by atoms with van der Waals surface area (Å²) < 4.78 is 16.8. The van der Waals surface area contributed by atoms with Crippen molar-refractivity contribution in [3.05, 3.63) is 30.1 Å². The molecule has 12 heteroatoms. The van der Waals surface area contributed by atoms with Crippen LogP contribution < -0.4 is 5.32 Å². The Kier molecular flexibility index (Phi) is 10.8. The Morgan fingerprint density at radius 2 is 2.07 bits per heavy atom. The van der Waals surface area contributed by atoms with Crippen LogP contribution in [0.2, 0.25) is 6.04 Å². The number of thioether (sulfide) groups is 1. The van der Waals surface area contributed by atoms with E-state index in [1.807, 2.05) is 18.3 Å². The molecule has 0 saturated carbocycles. The first-order chi connectivity index (χ1) is 14.5. The maximum absolute atomic E-state index is 12.1. The summed E-state index contributed by atoms with van der Waals surface area (Å²) in [7, 11) is 1.99. The molecule has 2 heterocycles. The smallest absolute Gasteiger partial charge is 0.391 e. The maximum atomic E-state index is 12.1. The summed E-state index contributed by atoms with van der Waals surface area (Å²) in [6, 6.07) is 4.47. The van der Waals surface area contributed by atoms with Crippen LogP contribution in [0.3, 0.4) is 0 Å². The van der Waals surface area contributed by atoms with Gasteiger partial charge >= 0.3 is 8.80 Å². The number of carbonyl (C=O) groups excluding carboxylic acids is 1. The second kappa shape index (κ2) is 13.1. The highest BCUT2D eigenvalue weighted by molar-refractivity contribution is 8.00. The summed E-state index contributed by atoms with van der Waals surface area (Å²) in [5, 5.41) is 22.0. The molecule has 2 rings (SSSR count). The van der Waals surface area contributed by atoms with Crippen LogP contribution in [0.4, 0.5) is 5.13 Å². The minimum atomic E-state index is -2.66. The normalized spacial score (nSPS) is 12.7. The van der Waals surface area contributed by atoms with Crippen molar-refractivity contribution >= 4 is 42.8 Å². The molecule has 30 heavy (non-hydrogen) atoms. The van der Waals surface area contributed by atoms with E-state index in [1.165, 1.54) is 11.3 Å². The molecule has 0 spiro atoms. The fourth-order valence-electron chi connectivity index (χ4n) is 2.67. The lowest BCUT2D eigenvalue weighted by atomic mass is 10.1. The van der Waals surface area contributed by atoms with Crippen molar-refractivity contribution in [2.24, 2.45) is 0 Å².